The molecule has 35 heavy (non-hydrogen) atoms. The molecule has 0 aromatic heterocycles. The maximum Gasteiger partial charge on any atom is 0.231 e. The van der Waals surface area contributed by atoms with Crippen LogP contribution in [0.5, 0.6) is 11.5 Å². The third-order valence-electron chi connectivity index (χ3n) is 8.29. The Hall–Kier alpha value is -3.10. The molecule has 3 aliphatic heterocycles. The highest BCUT2D eigenvalue weighted by Crippen LogP contribution is 2.57. The molecule has 1 amide bonds. The minimum absolute atomic E-state index is 0.0544. The van der Waals surface area contributed by atoms with E-state index in [1.165, 1.54) is 0 Å². The number of likely N-dealkylation sites (tertiary alicyclic amines) is 2. The molecule has 5 rings (SSSR count). The summed E-state index contributed by atoms with van der Waals surface area (Å²) in [6, 6.07) is 13.5. The van der Waals surface area contributed by atoms with Crippen LogP contribution in [0.1, 0.15) is 50.4 Å². The minimum Gasteiger partial charge on any atom is -0.454 e. The smallest absolute Gasteiger partial charge is 0.231 e. The fourth-order valence-electron chi connectivity index (χ4n) is 6.46. The van der Waals surface area contributed by atoms with Crippen LogP contribution in [0.2, 0.25) is 0 Å². The second-order valence-electron chi connectivity index (χ2n) is 10.8. The summed E-state index contributed by atoms with van der Waals surface area (Å²) in [5.74, 6) is 1.90. The molecule has 0 saturated carbocycles. The van der Waals surface area contributed by atoms with Crippen molar-refractivity contribution < 1.29 is 19.5 Å². The lowest BCUT2D eigenvalue weighted by Crippen LogP contribution is -2.50. The zero-order valence-electron chi connectivity index (χ0n) is 20.9. The largest absolute Gasteiger partial charge is 0.454 e. The Labute approximate surface area is 206 Å². The number of carbonyl (C=O) groups is 1. The SMILES string of the molecule is CC(C)C1C2C(C(=O)N1Cc1ccc3c(c1)OCO3)C(c1ccc(C(=N)NO)cc1)N(C)C2(C)C. The highest BCUT2D eigenvalue weighted by atomic mass is 16.7. The molecular formula is C27H34N4O4. The zero-order chi connectivity index (χ0) is 25.1. The Bertz CT molecular complexity index is 1150. The van der Waals surface area contributed by atoms with E-state index in [9.17, 15) is 4.79 Å². The van der Waals surface area contributed by atoms with E-state index in [1.807, 2.05) is 47.9 Å². The van der Waals surface area contributed by atoms with Gasteiger partial charge >= 0.3 is 0 Å². The van der Waals surface area contributed by atoms with E-state index in [1.54, 1.807) is 0 Å². The summed E-state index contributed by atoms with van der Waals surface area (Å²) in [6.45, 7) is 9.68. The Morgan fingerprint density at radius 1 is 1.17 bits per heavy atom. The first-order valence-corrected chi connectivity index (χ1v) is 12.2. The number of carbonyl (C=O) groups excluding carboxylic acids is 1. The molecule has 2 aromatic carbocycles. The summed E-state index contributed by atoms with van der Waals surface area (Å²) in [5.41, 5.74) is 4.38. The average Bonchev–Trinajstić information content (AvgIpc) is 3.47. The number of amides is 1. The van der Waals surface area contributed by atoms with Crippen LogP contribution in [0.25, 0.3) is 0 Å². The Morgan fingerprint density at radius 3 is 2.51 bits per heavy atom. The number of ether oxygens (including phenoxy) is 2. The van der Waals surface area contributed by atoms with E-state index in [-0.39, 0.29) is 48.0 Å². The molecule has 0 aliphatic carbocycles. The topological polar surface area (TPSA) is 98.1 Å². The molecule has 4 atom stereocenters. The number of nitrogens with one attached hydrogen (secondary N) is 2. The second kappa shape index (κ2) is 8.53. The molecule has 2 fully saturated rings. The van der Waals surface area contributed by atoms with Crippen LogP contribution in [0.4, 0.5) is 0 Å². The predicted molar refractivity (Wildman–Crippen MR) is 131 cm³/mol. The lowest BCUT2D eigenvalue weighted by atomic mass is 9.75. The third-order valence-corrected chi connectivity index (χ3v) is 8.29. The number of rotatable bonds is 5. The summed E-state index contributed by atoms with van der Waals surface area (Å²) in [7, 11) is 2.11. The van der Waals surface area contributed by atoms with Gasteiger partial charge in [0.25, 0.3) is 0 Å². The molecule has 3 heterocycles. The second-order valence-corrected chi connectivity index (χ2v) is 10.8. The molecule has 8 nitrogen and oxygen atoms in total. The maximum atomic E-state index is 14.1. The van der Waals surface area contributed by atoms with Gasteiger partial charge in [0, 0.05) is 35.6 Å². The highest BCUT2D eigenvalue weighted by molar-refractivity contribution is 5.95. The van der Waals surface area contributed by atoms with Crippen molar-refractivity contribution in [2.24, 2.45) is 17.8 Å². The van der Waals surface area contributed by atoms with Crippen LogP contribution in [-0.4, -0.2) is 52.2 Å². The third kappa shape index (κ3) is 3.67. The van der Waals surface area contributed by atoms with E-state index in [0.29, 0.717) is 18.0 Å². The Morgan fingerprint density at radius 2 is 1.86 bits per heavy atom. The van der Waals surface area contributed by atoms with Gasteiger partial charge in [-0.25, -0.2) is 0 Å². The number of hydrogen-bond donors (Lipinski definition) is 3. The van der Waals surface area contributed by atoms with Crippen LogP contribution < -0.4 is 15.0 Å². The molecule has 0 radical (unpaired) electrons. The van der Waals surface area contributed by atoms with Crippen molar-refractivity contribution in [3.63, 3.8) is 0 Å². The highest BCUT2D eigenvalue weighted by Gasteiger charge is 2.64. The van der Waals surface area contributed by atoms with E-state index >= 15 is 0 Å². The van der Waals surface area contributed by atoms with Crippen molar-refractivity contribution in [1.82, 2.24) is 15.3 Å². The molecule has 0 spiro atoms. The summed E-state index contributed by atoms with van der Waals surface area (Å²) in [6.07, 6.45) is 0. The minimum atomic E-state index is -0.193. The van der Waals surface area contributed by atoms with Crippen molar-refractivity contribution in [2.45, 2.75) is 51.9 Å². The summed E-state index contributed by atoms with van der Waals surface area (Å²) in [4.78, 5) is 18.6. The Kier molecular flexibility index (Phi) is 5.76. The van der Waals surface area contributed by atoms with Crippen LogP contribution in [0.15, 0.2) is 42.5 Å². The van der Waals surface area contributed by atoms with Gasteiger partial charge in [0.1, 0.15) is 5.84 Å². The molecule has 2 aromatic rings. The van der Waals surface area contributed by atoms with Gasteiger partial charge < -0.3 is 14.4 Å². The first kappa shape index (κ1) is 23.6. The van der Waals surface area contributed by atoms with Gasteiger partial charge in [-0.2, -0.15) is 0 Å². The van der Waals surface area contributed by atoms with Crippen LogP contribution >= 0.6 is 0 Å². The predicted octanol–water partition coefficient (Wildman–Crippen LogP) is 3.78. The summed E-state index contributed by atoms with van der Waals surface area (Å²) >= 11 is 0. The maximum absolute atomic E-state index is 14.1. The standard InChI is InChI=1S/C27H34N4O4/c1-15(2)23-22-21(26(32)31(23)13-16-6-11-19-20(12-16)35-14-34-19)24(30(5)27(22,3)4)17-7-9-18(10-8-17)25(28)29-33/h6-12,15,21-24,33H,13-14H2,1-5H3,(H2,28,29). The lowest BCUT2D eigenvalue weighted by molar-refractivity contribution is -0.134. The summed E-state index contributed by atoms with van der Waals surface area (Å²) in [5, 5.41) is 16.9. The van der Waals surface area contributed by atoms with Gasteiger partial charge in [0.2, 0.25) is 12.7 Å². The van der Waals surface area contributed by atoms with Crippen molar-refractivity contribution in [3.8, 4) is 11.5 Å². The van der Waals surface area contributed by atoms with E-state index in [2.05, 4.69) is 44.5 Å². The Balaban J connectivity index is 1.51. The van der Waals surface area contributed by atoms with Gasteiger partial charge in [-0.3, -0.25) is 25.8 Å². The van der Waals surface area contributed by atoms with Gasteiger partial charge in [-0.1, -0.05) is 44.2 Å². The van der Waals surface area contributed by atoms with E-state index < -0.39 is 0 Å². The van der Waals surface area contributed by atoms with Crippen LogP contribution in [0, 0.1) is 23.2 Å². The fraction of sp³-hybridized carbons (Fsp3) is 0.481. The first-order chi connectivity index (χ1) is 16.6. The van der Waals surface area contributed by atoms with Gasteiger partial charge in [0.05, 0.1) is 5.92 Å². The first-order valence-electron chi connectivity index (χ1n) is 12.2. The molecule has 186 valence electrons. The molecule has 3 aliphatic rings. The van der Waals surface area contributed by atoms with Crippen molar-refractivity contribution in [2.75, 3.05) is 13.8 Å². The van der Waals surface area contributed by atoms with E-state index in [4.69, 9.17) is 20.1 Å². The molecule has 0 bridgehead atoms. The van der Waals surface area contributed by atoms with Gasteiger partial charge in [0.15, 0.2) is 11.5 Å². The monoisotopic (exact) mass is 478 g/mol. The molecular weight excluding hydrogens is 444 g/mol. The molecule has 2 saturated heterocycles. The zero-order valence-corrected chi connectivity index (χ0v) is 20.9. The van der Waals surface area contributed by atoms with Gasteiger partial charge in [-0.05, 0) is 50.1 Å². The van der Waals surface area contributed by atoms with Crippen LogP contribution in [-0.2, 0) is 11.3 Å². The number of amidine groups is 1. The number of benzene rings is 2. The number of hydroxylamine groups is 1. The average molecular weight is 479 g/mol. The fourth-order valence-corrected chi connectivity index (χ4v) is 6.46. The van der Waals surface area contributed by atoms with Gasteiger partial charge in [-0.15, -0.1) is 0 Å². The normalized spacial score (nSPS) is 26.9. The number of nitrogens with zero attached hydrogens (tertiary/aromatic N) is 2. The molecule has 8 heteroatoms. The molecule has 4 unspecified atom stereocenters. The quantitative estimate of drug-likeness (QED) is 0.344. The van der Waals surface area contributed by atoms with Crippen molar-refractivity contribution in [3.05, 3.63) is 59.2 Å². The van der Waals surface area contributed by atoms with E-state index in [0.717, 1.165) is 22.6 Å². The summed E-state index contributed by atoms with van der Waals surface area (Å²) < 4.78 is 11.0. The number of hydrogen-bond acceptors (Lipinski definition) is 6. The van der Waals surface area contributed by atoms with Crippen molar-refractivity contribution in [1.29, 1.82) is 5.41 Å². The number of fused-ring (bicyclic) bond motifs is 2. The van der Waals surface area contributed by atoms with Crippen LogP contribution in [0.3, 0.4) is 0 Å². The lowest BCUT2D eigenvalue weighted by Gasteiger charge is -2.41. The van der Waals surface area contributed by atoms with Crippen molar-refractivity contribution >= 4 is 11.7 Å². The molecule has 3 N–H and O–H groups in total.